The number of Topliss-reactive ketones (excluding diaryl/α,β-unsaturated/α-hetero) is 1. The Morgan fingerprint density at radius 3 is 2.20 bits per heavy atom. The Labute approximate surface area is 141 Å². The molecule has 0 aromatic heterocycles. The summed E-state index contributed by atoms with van der Waals surface area (Å²) in [4.78, 5) is 22.2. The highest BCUT2D eigenvalue weighted by molar-refractivity contribution is 5.97. The fraction of sp³-hybridized carbons (Fsp3) is 0.222. The molecule has 2 aromatic carbocycles. The van der Waals surface area contributed by atoms with Gasteiger partial charge in [0.2, 0.25) is 0 Å². The fourth-order valence-corrected chi connectivity index (χ4v) is 2.19. The van der Waals surface area contributed by atoms with Gasteiger partial charge in [-0.3, -0.25) is 9.59 Å². The monoisotopic (exact) mass is 352 g/mol. The Hall–Kier alpha value is -2.83. The summed E-state index contributed by atoms with van der Waals surface area (Å²) in [5, 5.41) is 8.56. The molecule has 0 aliphatic carbocycles. The number of ketones is 1. The molecule has 0 radical (unpaired) electrons. The molecule has 4 nitrogen and oxygen atoms in total. The van der Waals surface area contributed by atoms with E-state index in [9.17, 15) is 22.8 Å². The van der Waals surface area contributed by atoms with Gasteiger partial charge in [0.25, 0.3) is 0 Å². The number of carboxylic acids is 1. The number of benzene rings is 2. The SMILES string of the molecule is O=C(O)CCC(=O)c1ccc(OCc2ccccc2C(F)(F)F)cc1. The molecule has 2 rings (SSSR count). The van der Waals surface area contributed by atoms with Crippen molar-refractivity contribution < 1.29 is 32.6 Å². The van der Waals surface area contributed by atoms with E-state index in [1.807, 2.05) is 0 Å². The van der Waals surface area contributed by atoms with Gasteiger partial charge in [-0.15, -0.1) is 0 Å². The number of carboxylic acid groups (broad SMARTS) is 1. The second kappa shape index (κ2) is 7.83. The first-order valence-electron chi connectivity index (χ1n) is 7.40. The van der Waals surface area contributed by atoms with Crippen LogP contribution < -0.4 is 4.74 Å². The summed E-state index contributed by atoms with van der Waals surface area (Å²) in [6.45, 7) is -0.262. The van der Waals surface area contributed by atoms with Crippen LogP contribution in [0.2, 0.25) is 0 Å². The second-order valence-electron chi connectivity index (χ2n) is 5.28. The van der Waals surface area contributed by atoms with Crippen LogP contribution in [0, 0.1) is 0 Å². The molecule has 0 saturated heterocycles. The number of rotatable bonds is 7. The van der Waals surface area contributed by atoms with Crippen LogP contribution in [0.5, 0.6) is 5.75 Å². The third kappa shape index (κ3) is 5.34. The molecule has 7 heteroatoms. The quantitative estimate of drug-likeness (QED) is 0.753. The van der Waals surface area contributed by atoms with Crippen molar-refractivity contribution in [2.45, 2.75) is 25.6 Å². The highest BCUT2D eigenvalue weighted by atomic mass is 19.4. The number of ether oxygens (including phenoxy) is 1. The van der Waals surface area contributed by atoms with Crippen molar-refractivity contribution in [3.63, 3.8) is 0 Å². The van der Waals surface area contributed by atoms with Gasteiger partial charge >= 0.3 is 12.1 Å². The predicted molar refractivity (Wildman–Crippen MR) is 83.4 cm³/mol. The molecule has 2 aromatic rings. The molecular weight excluding hydrogens is 337 g/mol. The van der Waals surface area contributed by atoms with E-state index in [2.05, 4.69) is 0 Å². The Morgan fingerprint density at radius 2 is 1.60 bits per heavy atom. The molecule has 0 aliphatic heterocycles. The van der Waals surface area contributed by atoms with Gasteiger partial charge in [0.15, 0.2) is 5.78 Å². The number of alkyl halides is 3. The standard InChI is InChI=1S/C18H15F3O4/c19-18(20,21)15-4-2-1-3-13(15)11-25-14-7-5-12(6-8-14)16(22)9-10-17(23)24/h1-8H,9-11H2,(H,23,24). The van der Waals surface area contributed by atoms with Crippen molar-refractivity contribution in [3.8, 4) is 5.75 Å². The molecule has 0 amide bonds. The van der Waals surface area contributed by atoms with E-state index >= 15 is 0 Å². The zero-order valence-electron chi connectivity index (χ0n) is 13.0. The summed E-state index contributed by atoms with van der Waals surface area (Å²) in [5.74, 6) is -1.07. The number of hydrogen-bond acceptors (Lipinski definition) is 3. The van der Waals surface area contributed by atoms with Gasteiger partial charge in [0.1, 0.15) is 12.4 Å². The van der Waals surface area contributed by atoms with Crippen LogP contribution in [0.25, 0.3) is 0 Å². The molecule has 0 atom stereocenters. The zero-order valence-corrected chi connectivity index (χ0v) is 13.0. The lowest BCUT2D eigenvalue weighted by molar-refractivity contribution is -0.139. The van der Waals surface area contributed by atoms with Gasteiger partial charge in [-0.25, -0.2) is 0 Å². The van der Waals surface area contributed by atoms with Crippen molar-refractivity contribution in [3.05, 3.63) is 65.2 Å². The summed E-state index contributed by atoms with van der Waals surface area (Å²) in [5.41, 5.74) is -0.420. The van der Waals surface area contributed by atoms with Crippen molar-refractivity contribution in [1.29, 1.82) is 0 Å². The Bertz CT molecular complexity index is 752. The van der Waals surface area contributed by atoms with E-state index in [4.69, 9.17) is 9.84 Å². The van der Waals surface area contributed by atoms with Crippen LogP contribution in [-0.2, 0) is 17.6 Å². The first-order valence-corrected chi connectivity index (χ1v) is 7.40. The second-order valence-corrected chi connectivity index (χ2v) is 5.28. The molecule has 0 saturated carbocycles. The smallest absolute Gasteiger partial charge is 0.416 e. The molecule has 1 N–H and O–H groups in total. The minimum atomic E-state index is -4.46. The van der Waals surface area contributed by atoms with Crippen LogP contribution in [0.4, 0.5) is 13.2 Å². The van der Waals surface area contributed by atoms with E-state index in [0.717, 1.165) is 6.07 Å². The van der Waals surface area contributed by atoms with E-state index in [1.54, 1.807) is 0 Å². The maximum atomic E-state index is 12.9. The van der Waals surface area contributed by atoms with Crippen molar-refractivity contribution >= 4 is 11.8 Å². The predicted octanol–water partition coefficient (Wildman–Crippen LogP) is 4.33. The molecule has 0 unspecified atom stereocenters. The lowest BCUT2D eigenvalue weighted by atomic mass is 10.1. The third-order valence-corrected chi connectivity index (χ3v) is 3.46. The lowest BCUT2D eigenvalue weighted by Crippen LogP contribution is -2.10. The molecule has 0 spiro atoms. The van der Waals surface area contributed by atoms with Crippen LogP contribution in [-0.4, -0.2) is 16.9 Å². The highest BCUT2D eigenvalue weighted by Gasteiger charge is 2.32. The number of hydrogen-bond donors (Lipinski definition) is 1. The van der Waals surface area contributed by atoms with Crippen molar-refractivity contribution in [2.24, 2.45) is 0 Å². The molecule has 0 heterocycles. The Kier molecular flexibility index (Phi) is 5.80. The van der Waals surface area contributed by atoms with Gasteiger partial charge in [0, 0.05) is 17.5 Å². The number of aliphatic carboxylic acids is 1. The maximum Gasteiger partial charge on any atom is 0.416 e. The van der Waals surface area contributed by atoms with Crippen molar-refractivity contribution in [2.75, 3.05) is 0 Å². The van der Waals surface area contributed by atoms with Crippen LogP contribution in [0.1, 0.15) is 34.3 Å². The molecule has 0 aliphatic rings. The van der Waals surface area contributed by atoms with Gasteiger partial charge in [0.05, 0.1) is 12.0 Å². The molecular formula is C18H15F3O4. The summed E-state index contributed by atoms with van der Waals surface area (Å²) in [6, 6.07) is 11.0. The topological polar surface area (TPSA) is 63.6 Å². The minimum absolute atomic E-state index is 0.0108. The van der Waals surface area contributed by atoms with E-state index in [0.29, 0.717) is 11.3 Å². The van der Waals surface area contributed by atoms with Crippen molar-refractivity contribution in [1.82, 2.24) is 0 Å². The van der Waals surface area contributed by atoms with E-state index in [-0.39, 0.29) is 30.8 Å². The summed E-state index contributed by atoms with van der Waals surface area (Å²) in [7, 11) is 0. The van der Waals surface area contributed by atoms with E-state index in [1.165, 1.54) is 42.5 Å². The average molecular weight is 352 g/mol. The number of carbonyl (C=O) groups excluding carboxylic acids is 1. The van der Waals surface area contributed by atoms with Gasteiger partial charge < -0.3 is 9.84 Å². The summed E-state index contributed by atoms with van der Waals surface area (Å²) in [6.07, 6.45) is -4.83. The number of halogens is 3. The van der Waals surface area contributed by atoms with Gasteiger partial charge in [-0.2, -0.15) is 13.2 Å². The average Bonchev–Trinajstić information content (AvgIpc) is 2.57. The largest absolute Gasteiger partial charge is 0.489 e. The zero-order chi connectivity index (χ0) is 18.4. The molecule has 25 heavy (non-hydrogen) atoms. The maximum absolute atomic E-state index is 12.9. The van der Waals surface area contributed by atoms with Crippen LogP contribution in [0.3, 0.4) is 0 Å². The minimum Gasteiger partial charge on any atom is -0.489 e. The Balaban J connectivity index is 2.01. The number of carbonyl (C=O) groups is 2. The third-order valence-electron chi connectivity index (χ3n) is 3.46. The Morgan fingerprint density at radius 1 is 0.960 bits per heavy atom. The lowest BCUT2D eigenvalue weighted by Gasteiger charge is -2.13. The molecule has 0 bridgehead atoms. The summed E-state index contributed by atoms with van der Waals surface area (Å²) < 4.78 is 44.1. The molecule has 132 valence electrons. The first-order chi connectivity index (χ1) is 11.8. The normalized spacial score (nSPS) is 11.2. The van der Waals surface area contributed by atoms with Crippen LogP contribution in [0.15, 0.2) is 48.5 Å². The van der Waals surface area contributed by atoms with E-state index < -0.39 is 17.7 Å². The van der Waals surface area contributed by atoms with Gasteiger partial charge in [-0.1, -0.05) is 18.2 Å². The fourth-order valence-electron chi connectivity index (χ4n) is 2.19. The summed E-state index contributed by atoms with van der Waals surface area (Å²) >= 11 is 0. The molecule has 0 fully saturated rings. The van der Waals surface area contributed by atoms with Crippen LogP contribution >= 0.6 is 0 Å². The first kappa shape index (κ1) is 18.5. The highest BCUT2D eigenvalue weighted by Crippen LogP contribution is 2.32. The van der Waals surface area contributed by atoms with Gasteiger partial charge in [-0.05, 0) is 30.3 Å².